The normalized spacial score (nSPS) is 16.9. The lowest BCUT2D eigenvalue weighted by Crippen LogP contribution is -2.54. The van der Waals surface area contributed by atoms with Crippen LogP contribution in [0.25, 0.3) is 0 Å². The summed E-state index contributed by atoms with van der Waals surface area (Å²) >= 11 is 0. The molecule has 1 saturated heterocycles. The van der Waals surface area contributed by atoms with Crippen molar-refractivity contribution in [2.75, 3.05) is 44.8 Å². The van der Waals surface area contributed by atoms with E-state index in [4.69, 9.17) is 9.47 Å². The minimum absolute atomic E-state index is 0.00105. The lowest BCUT2D eigenvalue weighted by molar-refractivity contribution is -0.127. The number of nitrogens with zero attached hydrogens (tertiary/aromatic N) is 2. The van der Waals surface area contributed by atoms with Crippen molar-refractivity contribution in [3.05, 3.63) is 53.6 Å². The van der Waals surface area contributed by atoms with Crippen LogP contribution in [0.3, 0.4) is 0 Å². The Hall–Kier alpha value is -3.10. The van der Waals surface area contributed by atoms with Gasteiger partial charge in [-0.05, 0) is 42.7 Å². The third-order valence-electron chi connectivity index (χ3n) is 6.28. The molecule has 4 rings (SSSR count). The van der Waals surface area contributed by atoms with E-state index in [1.807, 2.05) is 49.4 Å². The lowest BCUT2D eigenvalue weighted by Gasteiger charge is -2.37. The Morgan fingerprint density at radius 1 is 1.03 bits per heavy atom. The van der Waals surface area contributed by atoms with Crippen molar-refractivity contribution >= 4 is 17.5 Å². The highest BCUT2D eigenvalue weighted by Gasteiger charge is 2.26. The Kier molecular flexibility index (Phi) is 7.47. The molecule has 2 aromatic carbocycles. The minimum Gasteiger partial charge on any atom is -0.454 e. The largest absolute Gasteiger partial charge is 0.454 e. The van der Waals surface area contributed by atoms with E-state index >= 15 is 0 Å². The molecule has 8 heteroatoms. The molecule has 2 aliphatic heterocycles. The van der Waals surface area contributed by atoms with Gasteiger partial charge in [-0.25, -0.2) is 0 Å². The van der Waals surface area contributed by atoms with Crippen LogP contribution in [0.5, 0.6) is 11.5 Å². The third-order valence-corrected chi connectivity index (χ3v) is 6.28. The fourth-order valence-electron chi connectivity index (χ4n) is 4.21. The summed E-state index contributed by atoms with van der Waals surface area (Å²) in [6.45, 7) is 8.05. The highest BCUT2D eigenvalue weighted by Crippen LogP contribution is 2.32. The van der Waals surface area contributed by atoms with E-state index in [1.54, 1.807) is 0 Å². The highest BCUT2D eigenvalue weighted by molar-refractivity contribution is 5.93. The predicted molar refractivity (Wildman–Crippen MR) is 126 cm³/mol. The number of benzene rings is 2. The summed E-state index contributed by atoms with van der Waals surface area (Å²) in [7, 11) is 0. The van der Waals surface area contributed by atoms with E-state index in [0.717, 1.165) is 55.2 Å². The van der Waals surface area contributed by atoms with E-state index < -0.39 is 0 Å². The number of piperazine rings is 1. The maximum Gasteiger partial charge on any atom is 0.238 e. The van der Waals surface area contributed by atoms with Gasteiger partial charge in [0.05, 0.1) is 12.6 Å². The summed E-state index contributed by atoms with van der Waals surface area (Å²) in [5.74, 6) is 1.45. The first-order valence-electron chi connectivity index (χ1n) is 11.5. The molecular weight excluding hydrogens is 420 g/mol. The summed E-state index contributed by atoms with van der Waals surface area (Å²) in [6.07, 6.45) is 0.879. The number of anilines is 1. The summed E-state index contributed by atoms with van der Waals surface area (Å²) in [5, 5.41) is 6.05. The fraction of sp³-hybridized carbons (Fsp3) is 0.440. The number of hydrogen-bond donors (Lipinski definition) is 2. The van der Waals surface area contributed by atoms with Gasteiger partial charge in [0.2, 0.25) is 18.6 Å². The van der Waals surface area contributed by atoms with Gasteiger partial charge in [-0.2, -0.15) is 0 Å². The number of nitrogens with one attached hydrogen (secondary N) is 2. The van der Waals surface area contributed by atoms with Crippen LogP contribution in [-0.2, 0) is 22.6 Å². The molecule has 1 unspecified atom stereocenters. The van der Waals surface area contributed by atoms with E-state index in [1.165, 1.54) is 0 Å². The molecule has 8 nitrogen and oxygen atoms in total. The summed E-state index contributed by atoms with van der Waals surface area (Å²) in [6, 6.07) is 13.4. The van der Waals surface area contributed by atoms with Crippen molar-refractivity contribution in [3.63, 3.8) is 0 Å². The second-order valence-corrected chi connectivity index (χ2v) is 8.45. The second kappa shape index (κ2) is 10.7. The lowest BCUT2D eigenvalue weighted by atomic mass is 10.1. The molecule has 0 aliphatic carbocycles. The average Bonchev–Trinajstić information content (AvgIpc) is 3.31. The van der Waals surface area contributed by atoms with Gasteiger partial charge in [-0.3, -0.25) is 19.4 Å². The van der Waals surface area contributed by atoms with Crippen LogP contribution in [0.4, 0.5) is 5.69 Å². The second-order valence-electron chi connectivity index (χ2n) is 8.45. The van der Waals surface area contributed by atoms with Crippen LogP contribution in [-0.4, -0.2) is 67.2 Å². The van der Waals surface area contributed by atoms with Crippen LogP contribution in [0.2, 0.25) is 0 Å². The van der Waals surface area contributed by atoms with Crippen molar-refractivity contribution < 1.29 is 19.1 Å². The van der Waals surface area contributed by atoms with Crippen LogP contribution < -0.4 is 20.1 Å². The maximum absolute atomic E-state index is 12.7. The zero-order chi connectivity index (χ0) is 23.2. The van der Waals surface area contributed by atoms with Crippen LogP contribution >= 0.6 is 0 Å². The number of hydrogen-bond acceptors (Lipinski definition) is 6. The number of carbonyl (C=O) groups is 2. The Bertz CT molecular complexity index is 988. The van der Waals surface area contributed by atoms with Gasteiger partial charge in [0.25, 0.3) is 0 Å². The monoisotopic (exact) mass is 452 g/mol. The smallest absolute Gasteiger partial charge is 0.238 e. The van der Waals surface area contributed by atoms with Gasteiger partial charge >= 0.3 is 0 Å². The summed E-state index contributed by atoms with van der Waals surface area (Å²) in [4.78, 5) is 29.5. The summed E-state index contributed by atoms with van der Waals surface area (Å²) < 4.78 is 10.7. The number of para-hydroxylation sites is 1. The molecule has 2 heterocycles. The topological polar surface area (TPSA) is 83.1 Å². The Morgan fingerprint density at radius 2 is 1.79 bits per heavy atom. The highest BCUT2D eigenvalue weighted by atomic mass is 16.7. The van der Waals surface area contributed by atoms with E-state index in [9.17, 15) is 9.59 Å². The number of carbonyl (C=O) groups excluding carboxylic acids is 2. The number of aryl methyl sites for hydroxylation is 1. The molecule has 0 spiro atoms. The van der Waals surface area contributed by atoms with Crippen molar-refractivity contribution in [3.8, 4) is 11.5 Å². The van der Waals surface area contributed by atoms with Gasteiger partial charge in [0, 0.05) is 38.4 Å². The van der Waals surface area contributed by atoms with Gasteiger partial charge < -0.3 is 20.1 Å². The van der Waals surface area contributed by atoms with Gasteiger partial charge in [0.1, 0.15) is 0 Å². The average molecular weight is 453 g/mol. The van der Waals surface area contributed by atoms with E-state index in [0.29, 0.717) is 18.8 Å². The van der Waals surface area contributed by atoms with Gasteiger partial charge in [0.15, 0.2) is 11.5 Å². The molecule has 1 atom stereocenters. The van der Waals surface area contributed by atoms with Crippen molar-refractivity contribution in [2.45, 2.75) is 32.9 Å². The predicted octanol–water partition coefficient (Wildman–Crippen LogP) is 2.24. The summed E-state index contributed by atoms with van der Waals surface area (Å²) in [5.41, 5.74) is 2.99. The maximum atomic E-state index is 12.7. The zero-order valence-corrected chi connectivity index (χ0v) is 19.3. The molecule has 0 bridgehead atoms. The number of rotatable bonds is 8. The van der Waals surface area contributed by atoms with Crippen LogP contribution in [0.15, 0.2) is 42.5 Å². The number of ether oxygens (including phenoxy) is 2. The SMILES string of the molecule is CCc1ccccc1NC(=O)CN1CCN(C(C)C(=O)NCc2ccc3c(c2)OCO3)CC1. The zero-order valence-electron chi connectivity index (χ0n) is 19.3. The van der Waals surface area contributed by atoms with E-state index in [-0.39, 0.29) is 24.6 Å². The molecule has 1 fully saturated rings. The standard InChI is InChI=1S/C25H32N4O4/c1-3-20-6-4-5-7-21(20)27-24(30)16-28-10-12-29(13-11-28)18(2)25(31)26-15-19-8-9-22-23(14-19)33-17-32-22/h4-9,14,18H,3,10-13,15-17H2,1-2H3,(H,26,31)(H,27,30). The number of amides is 2. The van der Waals surface area contributed by atoms with Gasteiger partial charge in [-0.1, -0.05) is 31.2 Å². The first-order valence-corrected chi connectivity index (χ1v) is 11.5. The first kappa shape index (κ1) is 23.1. The molecule has 33 heavy (non-hydrogen) atoms. The molecule has 0 radical (unpaired) electrons. The minimum atomic E-state index is -0.230. The van der Waals surface area contributed by atoms with Crippen LogP contribution in [0, 0.1) is 0 Å². The van der Waals surface area contributed by atoms with Crippen molar-refractivity contribution in [1.82, 2.24) is 15.1 Å². The molecule has 2 aliphatic rings. The quantitative estimate of drug-likeness (QED) is 0.639. The molecular formula is C25H32N4O4. The number of fused-ring (bicyclic) bond motifs is 1. The van der Waals surface area contributed by atoms with Crippen LogP contribution in [0.1, 0.15) is 25.0 Å². The van der Waals surface area contributed by atoms with E-state index in [2.05, 4.69) is 27.4 Å². The molecule has 2 aromatic rings. The molecule has 0 saturated carbocycles. The molecule has 2 amide bonds. The van der Waals surface area contributed by atoms with Gasteiger partial charge in [-0.15, -0.1) is 0 Å². The molecule has 0 aromatic heterocycles. The molecule has 2 N–H and O–H groups in total. The van der Waals surface area contributed by atoms with Crippen molar-refractivity contribution in [2.24, 2.45) is 0 Å². The Balaban J connectivity index is 1.20. The Labute approximate surface area is 194 Å². The Morgan fingerprint density at radius 3 is 2.58 bits per heavy atom. The first-order chi connectivity index (χ1) is 16.0. The molecule has 176 valence electrons. The third kappa shape index (κ3) is 5.83. The van der Waals surface area contributed by atoms with Crippen molar-refractivity contribution in [1.29, 1.82) is 0 Å². The fourth-order valence-corrected chi connectivity index (χ4v) is 4.21.